The van der Waals surface area contributed by atoms with Gasteiger partial charge in [-0.2, -0.15) is 0 Å². The van der Waals surface area contributed by atoms with Crippen molar-refractivity contribution in [2.24, 2.45) is 0 Å². The van der Waals surface area contributed by atoms with Gasteiger partial charge in [-0.1, -0.05) is 30.3 Å². The van der Waals surface area contributed by atoms with Gasteiger partial charge in [0, 0.05) is 25.5 Å². The van der Waals surface area contributed by atoms with E-state index in [1.165, 1.54) is 21.4 Å². The Labute approximate surface area is 183 Å². The zero-order chi connectivity index (χ0) is 22.8. The zero-order valence-electron chi connectivity index (χ0n) is 17.8. The lowest BCUT2D eigenvalue weighted by atomic mass is 10.2. The van der Waals surface area contributed by atoms with Crippen molar-refractivity contribution >= 4 is 17.7 Å². The summed E-state index contributed by atoms with van der Waals surface area (Å²) in [5, 5.41) is 9.63. The fourth-order valence-corrected chi connectivity index (χ4v) is 3.81. The Morgan fingerprint density at radius 3 is 2.50 bits per heavy atom. The molecule has 1 fully saturated rings. The largest absolute Gasteiger partial charge is 0.481 e. The quantitative estimate of drug-likeness (QED) is 0.616. The smallest absolute Gasteiger partial charge is 0.358 e. The lowest BCUT2D eigenvalue weighted by molar-refractivity contribution is -0.143. The van der Waals surface area contributed by atoms with Crippen molar-refractivity contribution < 1.29 is 24.2 Å². The number of hydrogen-bond acceptors (Lipinski definition) is 6. The van der Waals surface area contributed by atoms with E-state index in [1.54, 1.807) is 17.0 Å². The van der Waals surface area contributed by atoms with Gasteiger partial charge in [0.25, 0.3) is 0 Å². The molecule has 1 aliphatic rings. The molecule has 10 heteroatoms. The number of amides is 1. The molecular weight excluding hydrogens is 416 g/mol. The van der Waals surface area contributed by atoms with Gasteiger partial charge in [0.1, 0.15) is 13.2 Å². The van der Waals surface area contributed by atoms with Crippen LogP contribution in [0.5, 0.6) is 5.75 Å². The number of nitrogens with zero attached hydrogens (tertiary/aromatic N) is 4. The van der Waals surface area contributed by atoms with Gasteiger partial charge in [0.15, 0.2) is 5.69 Å². The highest BCUT2D eigenvalue weighted by Crippen LogP contribution is 2.16. The number of aromatic nitrogens is 3. The summed E-state index contributed by atoms with van der Waals surface area (Å²) in [7, 11) is 0. The number of fused-ring (bicyclic) bond motifs is 1. The van der Waals surface area contributed by atoms with Gasteiger partial charge in [-0.3, -0.25) is 9.59 Å². The second kappa shape index (κ2) is 8.83. The van der Waals surface area contributed by atoms with Crippen LogP contribution in [0.3, 0.4) is 0 Å². The number of hydrogen-bond donors (Lipinski definition) is 1. The molecule has 1 aromatic carbocycles. The molecule has 3 heterocycles. The Hall–Kier alpha value is -3.66. The van der Waals surface area contributed by atoms with Crippen LogP contribution < -0.4 is 10.3 Å². The van der Waals surface area contributed by atoms with E-state index in [4.69, 9.17) is 9.47 Å². The van der Waals surface area contributed by atoms with Crippen LogP contribution in [0, 0.1) is 0 Å². The fourth-order valence-electron chi connectivity index (χ4n) is 3.81. The van der Waals surface area contributed by atoms with E-state index in [0.717, 1.165) is 5.56 Å². The predicted molar refractivity (Wildman–Crippen MR) is 114 cm³/mol. The second-order valence-corrected chi connectivity index (χ2v) is 7.83. The number of carboxylic acid groups (broad SMARTS) is 1. The normalized spacial score (nSPS) is 18.6. The van der Waals surface area contributed by atoms with Gasteiger partial charge in [-0.15, -0.1) is 0 Å². The number of carbonyl (C=O) groups excluding carboxylic acids is 1. The number of aromatic carboxylic acids is 1. The molecule has 32 heavy (non-hydrogen) atoms. The highest BCUT2D eigenvalue weighted by atomic mass is 16.5. The van der Waals surface area contributed by atoms with Crippen LogP contribution in [0.25, 0.3) is 5.78 Å². The molecule has 1 saturated heterocycles. The molecule has 4 rings (SSSR count). The molecule has 0 bridgehead atoms. The predicted octanol–water partition coefficient (Wildman–Crippen LogP) is 1.41. The molecule has 1 N–H and O–H groups in total. The molecule has 2 aromatic heterocycles. The van der Waals surface area contributed by atoms with Gasteiger partial charge < -0.3 is 24.0 Å². The van der Waals surface area contributed by atoms with Crippen LogP contribution in [0.15, 0.2) is 47.5 Å². The van der Waals surface area contributed by atoms with Crippen LogP contribution in [0.4, 0.5) is 0 Å². The van der Waals surface area contributed by atoms with Crippen LogP contribution in [0.1, 0.15) is 29.9 Å². The number of imidazole rings is 1. The van der Waals surface area contributed by atoms with E-state index in [-0.39, 0.29) is 42.8 Å². The highest BCUT2D eigenvalue weighted by Gasteiger charge is 2.27. The minimum absolute atomic E-state index is 0.0245. The molecule has 2 atom stereocenters. The minimum Gasteiger partial charge on any atom is -0.481 e. The van der Waals surface area contributed by atoms with E-state index in [0.29, 0.717) is 13.1 Å². The molecule has 0 unspecified atom stereocenters. The fraction of sp³-hybridized carbons (Fsp3) is 0.364. The number of carboxylic acids is 1. The first-order chi connectivity index (χ1) is 15.3. The molecule has 0 radical (unpaired) electrons. The third kappa shape index (κ3) is 4.35. The monoisotopic (exact) mass is 440 g/mol. The van der Waals surface area contributed by atoms with Crippen LogP contribution in [0.2, 0.25) is 0 Å². The maximum atomic E-state index is 13.0. The van der Waals surface area contributed by atoms with E-state index in [9.17, 15) is 19.5 Å². The van der Waals surface area contributed by atoms with E-state index in [1.807, 2.05) is 32.0 Å². The minimum atomic E-state index is -1.39. The Kier molecular flexibility index (Phi) is 5.95. The van der Waals surface area contributed by atoms with Crippen molar-refractivity contribution in [3.63, 3.8) is 0 Å². The molecular formula is C22H24N4O6. The molecule has 1 amide bonds. The van der Waals surface area contributed by atoms with E-state index in [2.05, 4.69) is 4.98 Å². The first kappa shape index (κ1) is 21.6. The van der Waals surface area contributed by atoms with Crippen molar-refractivity contribution in [3.05, 3.63) is 64.3 Å². The summed E-state index contributed by atoms with van der Waals surface area (Å²) in [6.45, 7) is 4.68. The van der Waals surface area contributed by atoms with Gasteiger partial charge in [0.2, 0.25) is 17.4 Å². The number of carbonyl (C=O) groups is 2. The van der Waals surface area contributed by atoms with Crippen molar-refractivity contribution in [1.29, 1.82) is 0 Å². The standard InChI is InChI=1S/C22H24N4O6/c1-14-10-25(11-15(2)32-14)17(27)12-24-8-9-26-20(28)19(18(21(29)30)23-22(24)26)31-13-16-6-4-3-5-7-16/h3-9,14-15H,10-13H2,1-2H3,(H,29,30)/t14-,15-/m0/s1. The van der Waals surface area contributed by atoms with Crippen molar-refractivity contribution in [3.8, 4) is 5.75 Å². The lowest BCUT2D eigenvalue weighted by Crippen LogP contribution is -2.49. The lowest BCUT2D eigenvalue weighted by Gasteiger charge is -2.35. The third-order valence-electron chi connectivity index (χ3n) is 5.21. The summed E-state index contributed by atoms with van der Waals surface area (Å²) in [5.41, 5.74) is -0.361. The van der Waals surface area contributed by atoms with Crippen molar-refractivity contribution in [1.82, 2.24) is 18.9 Å². The molecule has 3 aromatic rings. The van der Waals surface area contributed by atoms with Gasteiger partial charge in [0.05, 0.1) is 12.2 Å². The SMILES string of the molecule is C[C@H]1CN(C(=O)Cn2ccn3c(=O)c(OCc4ccccc4)c(C(=O)O)nc23)C[C@H](C)O1. The Morgan fingerprint density at radius 1 is 1.16 bits per heavy atom. The zero-order valence-corrected chi connectivity index (χ0v) is 17.8. The van der Waals surface area contributed by atoms with Crippen molar-refractivity contribution in [2.75, 3.05) is 13.1 Å². The Morgan fingerprint density at radius 2 is 1.84 bits per heavy atom. The van der Waals surface area contributed by atoms with Crippen molar-refractivity contribution in [2.45, 2.75) is 39.2 Å². The Bertz CT molecular complexity index is 1190. The molecule has 0 spiro atoms. The number of morpholine rings is 1. The van der Waals surface area contributed by atoms with E-state index >= 15 is 0 Å². The average Bonchev–Trinajstić information content (AvgIpc) is 3.15. The highest BCUT2D eigenvalue weighted by molar-refractivity contribution is 5.89. The van der Waals surface area contributed by atoms with Gasteiger partial charge >= 0.3 is 11.5 Å². The molecule has 168 valence electrons. The molecule has 10 nitrogen and oxygen atoms in total. The molecule has 0 saturated carbocycles. The van der Waals surface area contributed by atoms with Crippen LogP contribution in [-0.2, 0) is 22.7 Å². The summed E-state index contributed by atoms with van der Waals surface area (Å²) < 4.78 is 13.9. The maximum Gasteiger partial charge on any atom is 0.358 e. The van der Waals surface area contributed by atoms with Crippen LogP contribution >= 0.6 is 0 Å². The Balaban J connectivity index is 1.63. The first-order valence-electron chi connectivity index (χ1n) is 10.3. The van der Waals surface area contributed by atoms with Gasteiger partial charge in [-0.05, 0) is 19.4 Å². The van der Waals surface area contributed by atoms with E-state index < -0.39 is 17.2 Å². The number of rotatable bonds is 6. The summed E-state index contributed by atoms with van der Waals surface area (Å²) in [6, 6.07) is 9.09. The van der Waals surface area contributed by atoms with Gasteiger partial charge in [-0.25, -0.2) is 14.2 Å². The van der Waals surface area contributed by atoms with Crippen LogP contribution in [-0.4, -0.2) is 61.1 Å². The first-order valence-corrected chi connectivity index (χ1v) is 10.3. The average molecular weight is 440 g/mol. The molecule has 1 aliphatic heterocycles. The molecule has 0 aliphatic carbocycles. The third-order valence-corrected chi connectivity index (χ3v) is 5.21. The summed E-state index contributed by atoms with van der Waals surface area (Å²) >= 11 is 0. The maximum absolute atomic E-state index is 13.0. The number of ether oxygens (including phenoxy) is 2. The summed E-state index contributed by atoms with van der Waals surface area (Å²) in [5.74, 6) is -1.84. The number of benzene rings is 1. The summed E-state index contributed by atoms with van der Waals surface area (Å²) in [6.07, 6.45) is 2.82. The summed E-state index contributed by atoms with van der Waals surface area (Å²) in [4.78, 5) is 43.4. The second-order valence-electron chi connectivity index (χ2n) is 7.83. The topological polar surface area (TPSA) is 115 Å².